The topological polar surface area (TPSA) is 84.9 Å². The van der Waals surface area contributed by atoms with E-state index in [1.807, 2.05) is 17.5 Å². The minimum atomic E-state index is -0.816. The van der Waals surface area contributed by atoms with Crippen molar-refractivity contribution in [1.29, 1.82) is 0 Å². The van der Waals surface area contributed by atoms with Crippen LogP contribution < -0.4 is 15.0 Å². The van der Waals surface area contributed by atoms with E-state index in [1.165, 1.54) is 11.9 Å². The average Bonchev–Trinajstić information content (AvgIpc) is 3.22. The predicted molar refractivity (Wildman–Crippen MR) is 101 cm³/mol. The Kier molecular flexibility index (Phi) is 6.08. The van der Waals surface area contributed by atoms with Crippen molar-refractivity contribution in [2.75, 3.05) is 25.1 Å². The molecular formula is C19H20N2O5S. The van der Waals surface area contributed by atoms with E-state index in [9.17, 15) is 14.4 Å². The Morgan fingerprint density at radius 2 is 2.07 bits per heavy atom. The molecule has 2 heterocycles. The van der Waals surface area contributed by atoms with E-state index >= 15 is 0 Å². The van der Waals surface area contributed by atoms with E-state index < -0.39 is 18.0 Å². The Bertz CT molecular complexity index is 821. The number of likely N-dealkylation sites (N-methyl/N-ethyl adjacent to an activating group) is 1. The summed E-state index contributed by atoms with van der Waals surface area (Å²) in [6.45, 7) is -0.319. The lowest BCUT2D eigenvalue weighted by Gasteiger charge is -2.33. The summed E-state index contributed by atoms with van der Waals surface area (Å²) in [4.78, 5) is 39.0. The fourth-order valence-corrected chi connectivity index (χ4v) is 3.45. The summed E-state index contributed by atoms with van der Waals surface area (Å²) in [6, 6.07) is 10.8. The number of para-hydroxylation sites is 2. The largest absolute Gasteiger partial charge is 0.477 e. The van der Waals surface area contributed by atoms with Gasteiger partial charge in [0.1, 0.15) is 5.75 Å². The van der Waals surface area contributed by atoms with Crippen molar-refractivity contribution >= 4 is 34.8 Å². The molecule has 142 valence electrons. The molecule has 0 spiro atoms. The number of ether oxygens (including phenoxy) is 2. The molecule has 1 aromatic heterocycles. The monoisotopic (exact) mass is 388 g/mol. The van der Waals surface area contributed by atoms with Crippen molar-refractivity contribution in [2.45, 2.75) is 18.9 Å². The molecule has 0 saturated carbocycles. The highest BCUT2D eigenvalue weighted by atomic mass is 32.1. The first-order valence-corrected chi connectivity index (χ1v) is 9.42. The lowest BCUT2D eigenvalue weighted by Crippen LogP contribution is -2.51. The number of esters is 1. The number of amides is 2. The van der Waals surface area contributed by atoms with Crippen LogP contribution in [0.2, 0.25) is 0 Å². The molecule has 7 nitrogen and oxygen atoms in total. The van der Waals surface area contributed by atoms with Crippen molar-refractivity contribution in [3.8, 4) is 5.75 Å². The van der Waals surface area contributed by atoms with Crippen molar-refractivity contribution in [3.63, 3.8) is 0 Å². The Morgan fingerprint density at radius 1 is 1.26 bits per heavy atom. The number of anilines is 1. The number of rotatable bonds is 6. The van der Waals surface area contributed by atoms with Crippen LogP contribution in [-0.4, -0.2) is 44.1 Å². The molecule has 8 heteroatoms. The Labute approximate surface area is 160 Å². The van der Waals surface area contributed by atoms with Gasteiger partial charge in [0, 0.05) is 11.9 Å². The van der Waals surface area contributed by atoms with Gasteiger partial charge in [0.2, 0.25) is 0 Å². The molecule has 0 aliphatic carbocycles. The third-order valence-corrected chi connectivity index (χ3v) is 5.06. The van der Waals surface area contributed by atoms with Crippen LogP contribution in [0.25, 0.3) is 0 Å². The molecule has 1 aliphatic heterocycles. The second kappa shape index (κ2) is 8.68. The van der Waals surface area contributed by atoms with Gasteiger partial charge in [-0.2, -0.15) is 0 Å². The van der Waals surface area contributed by atoms with Gasteiger partial charge in [0.15, 0.2) is 12.7 Å². The van der Waals surface area contributed by atoms with Crippen LogP contribution in [0, 0.1) is 0 Å². The molecule has 1 atom stereocenters. The summed E-state index contributed by atoms with van der Waals surface area (Å²) in [5.74, 6) is -0.713. The maximum absolute atomic E-state index is 12.6. The van der Waals surface area contributed by atoms with Gasteiger partial charge in [0.25, 0.3) is 11.8 Å². The number of hydrogen-bond acceptors (Lipinski definition) is 6. The molecule has 2 amide bonds. The summed E-state index contributed by atoms with van der Waals surface area (Å²) < 4.78 is 10.8. The summed E-state index contributed by atoms with van der Waals surface area (Å²) in [5.41, 5.74) is 0.553. The highest BCUT2D eigenvalue weighted by Gasteiger charge is 2.33. The fourth-order valence-electron chi connectivity index (χ4n) is 2.74. The van der Waals surface area contributed by atoms with Gasteiger partial charge in [-0.25, -0.2) is 0 Å². The van der Waals surface area contributed by atoms with E-state index in [1.54, 1.807) is 35.6 Å². The Hall–Kier alpha value is -2.87. The van der Waals surface area contributed by atoms with E-state index in [2.05, 4.69) is 5.32 Å². The fraction of sp³-hybridized carbons (Fsp3) is 0.316. The number of hydrogen-bond donors (Lipinski definition) is 1. The highest BCUT2D eigenvalue weighted by Crippen LogP contribution is 2.33. The molecule has 1 aromatic carbocycles. The summed E-state index contributed by atoms with van der Waals surface area (Å²) in [6.07, 6.45) is -0.0126. The lowest BCUT2D eigenvalue weighted by atomic mass is 10.1. The van der Waals surface area contributed by atoms with E-state index in [0.29, 0.717) is 17.9 Å². The van der Waals surface area contributed by atoms with Crippen LogP contribution in [-0.2, 0) is 25.5 Å². The smallest absolute Gasteiger partial charge is 0.306 e. The van der Waals surface area contributed by atoms with Crippen molar-refractivity contribution < 1.29 is 23.9 Å². The molecule has 1 unspecified atom stereocenters. The summed E-state index contributed by atoms with van der Waals surface area (Å²) in [5, 5.41) is 4.47. The van der Waals surface area contributed by atoms with Gasteiger partial charge in [-0.05, 0) is 30.0 Å². The van der Waals surface area contributed by atoms with E-state index in [4.69, 9.17) is 9.47 Å². The zero-order valence-electron chi connectivity index (χ0n) is 14.8. The Balaban J connectivity index is 1.60. The van der Waals surface area contributed by atoms with Gasteiger partial charge in [-0.1, -0.05) is 18.2 Å². The predicted octanol–water partition coefficient (Wildman–Crippen LogP) is 1.76. The lowest BCUT2D eigenvalue weighted by molar-refractivity contribution is -0.148. The number of fused-ring (bicyclic) bond motifs is 1. The first kappa shape index (κ1) is 18.9. The van der Waals surface area contributed by atoms with Crippen LogP contribution in [0.15, 0.2) is 41.8 Å². The molecule has 3 rings (SSSR count). The molecule has 1 aliphatic rings. The second-order valence-corrected chi connectivity index (χ2v) is 6.97. The van der Waals surface area contributed by atoms with Crippen molar-refractivity contribution in [3.05, 3.63) is 46.7 Å². The molecule has 0 fully saturated rings. The molecule has 0 saturated heterocycles. The molecule has 0 radical (unpaired) electrons. The van der Waals surface area contributed by atoms with Gasteiger partial charge in [0.05, 0.1) is 18.7 Å². The molecule has 27 heavy (non-hydrogen) atoms. The molecule has 0 bridgehead atoms. The van der Waals surface area contributed by atoms with E-state index in [-0.39, 0.29) is 25.5 Å². The number of thiophene rings is 1. The maximum Gasteiger partial charge on any atom is 0.306 e. The summed E-state index contributed by atoms with van der Waals surface area (Å²) in [7, 11) is 1.51. The van der Waals surface area contributed by atoms with Crippen molar-refractivity contribution in [1.82, 2.24) is 5.32 Å². The number of nitrogens with zero attached hydrogens (tertiary/aromatic N) is 1. The maximum atomic E-state index is 12.6. The number of carbonyl (C=O) groups excluding carboxylic acids is 3. The minimum Gasteiger partial charge on any atom is -0.477 e. The van der Waals surface area contributed by atoms with Crippen LogP contribution in [0.4, 0.5) is 5.69 Å². The third kappa shape index (κ3) is 4.65. The first-order valence-electron chi connectivity index (χ1n) is 8.54. The third-order valence-electron chi connectivity index (χ3n) is 4.13. The number of carbonyl (C=O) groups is 3. The van der Waals surface area contributed by atoms with Crippen molar-refractivity contribution in [2.24, 2.45) is 0 Å². The van der Waals surface area contributed by atoms with Gasteiger partial charge < -0.3 is 19.7 Å². The van der Waals surface area contributed by atoms with Gasteiger partial charge in [-0.15, -0.1) is 11.3 Å². The number of aryl methyl sites for hydroxylation is 1. The van der Waals surface area contributed by atoms with Gasteiger partial charge >= 0.3 is 5.97 Å². The number of benzene rings is 1. The van der Waals surface area contributed by atoms with Crippen LogP contribution in [0.1, 0.15) is 11.3 Å². The Morgan fingerprint density at radius 3 is 2.81 bits per heavy atom. The quantitative estimate of drug-likeness (QED) is 0.763. The van der Waals surface area contributed by atoms with E-state index in [0.717, 1.165) is 4.88 Å². The number of nitrogens with one attached hydrogen (secondary N) is 1. The average molecular weight is 388 g/mol. The first-order chi connectivity index (χ1) is 13.1. The molecular weight excluding hydrogens is 368 g/mol. The summed E-state index contributed by atoms with van der Waals surface area (Å²) >= 11 is 1.57. The zero-order chi connectivity index (χ0) is 19.2. The second-order valence-electron chi connectivity index (χ2n) is 5.93. The zero-order valence-corrected chi connectivity index (χ0v) is 15.7. The van der Waals surface area contributed by atoms with Crippen LogP contribution in [0.5, 0.6) is 5.75 Å². The standard InChI is InChI=1S/C19H20N2O5S/c1-20-19(24)16-11-21(14-6-2-3-7-15(14)26-16)17(22)12-25-18(23)9-8-13-5-4-10-27-13/h2-7,10,16H,8-9,11-12H2,1H3,(H,20,24). The molecule has 1 N–H and O–H groups in total. The minimum absolute atomic E-state index is 0.0578. The molecule has 2 aromatic rings. The normalized spacial score (nSPS) is 15.4. The van der Waals surface area contributed by atoms with Gasteiger partial charge in [-0.3, -0.25) is 14.4 Å². The highest BCUT2D eigenvalue weighted by molar-refractivity contribution is 7.09. The SMILES string of the molecule is CNC(=O)C1CN(C(=O)COC(=O)CCc2cccs2)c2ccccc2O1. The van der Waals surface area contributed by atoms with Crippen LogP contribution >= 0.6 is 11.3 Å². The van der Waals surface area contributed by atoms with Crippen LogP contribution in [0.3, 0.4) is 0 Å².